The Kier molecular flexibility index (Phi) is 14.7. The van der Waals surface area contributed by atoms with Crippen LogP contribution in [-0.2, 0) is 0 Å². The fourth-order valence-electron chi connectivity index (χ4n) is 21.4. The van der Waals surface area contributed by atoms with Crippen molar-refractivity contribution in [3.8, 4) is 22.7 Å². The molecule has 21 aromatic rings. The maximum atomic E-state index is 17.5. The largest absolute Gasteiger partial charge is 0.288 e. The van der Waals surface area contributed by atoms with E-state index in [2.05, 4.69) is 9.97 Å². The predicted molar refractivity (Wildman–Crippen MR) is 481 cm³/mol. The zero-order valence-electron chi connectivity index (χ0n) is 67.9. The van der Waals surface area contributed by atoms with Gasteiger partial charge in [0.25, 0.3) is 66.7 Å². The lowest BCUT2D eigenvalue weighted by atomic mass is 9.75. The molecule has 6 aromatic heterocycles. The van der Waals surface area contributed by atoms with Gasteiger partial charge in [-0.05, 0) is 183 Å². The van der Waals surface area contributed by atoms with Gasteiger partial charge in [-0.15, -0.1) is 0 Å². The van der Waals surface area contributed by atoms with Crippen molar-refractivity contribution < 1.29 is 0 Å². The number of hydrogen-bond donors (Lipinski definition) is 2. The van der Waals surface area contributed by atoms with Crippen LogP contribution >= 0.6 is 0 Å². The van der Waals surface area contributed by atoms with Gasteiger partial charge >= 0.3 is 0 Å². The number of pyridine rings is 6. The van der Waals surface area contributed by atoms with Crippen molar-refractivity contribution in [1.82, 2.24) is 28.2 Å². The van der Waals surface area contributed by atoms with Gasteiger partial charge in [-0.1, -0.05) is 184 Å². The van der Waals surface area contributed by atoms with E-state index in [1.54, 1.807) is 48.5 Å². The number of fused-ring (bicyclic) bond motifs is 10. The van der Waals surface area contributed by atoms with Crippen LogP contribution in [0.1, 0.15) is 203 Å². The first-order valence-electron chi connectivity index (χ1n) is 40.8. The second-order valence-corrected chi connectivity index (χ2v) is 35.4. The Labute approximate surface area is 667 Å². The third kappa shape index (κ3) is 8.70. The zero-order chi connectivity index (χ0) is 82.8. The molecule has 0 aliphatic heterocycles. The molecule has 0 aliphatic rings. The quantitative estimate of drug-likeness (QED) is 0.0855. The molecule has 0 saturated carbocycles. The Morgan fingerprint density at radius 1 is 0.178 bits per heavy atom. The van der Waals surface area contributed by atoms with Crippen molar-refractivity contribution in [2.45, 2.75) is 158 Å². The summed E-state index contributed by atoms with van der Waals surface area (Å²) >= 11 is 0. The highest BCUT2D eigenvalue weighted by atomic mass is 16.2. The lowest BCUT2D eigenvalue weighted by molar-refractivity contribution is 0.792. The van der Waals surface area contributed by atoms with E-state index >= 15 is 57.5 Å². The van der Waals surface area contributed by atoms with Crippen LogP contribution in [0.3, 0.4) is 0 Å². The lowest BCUT2D eigenvalue weighted by Gasteiger charge is -2.28. The fraction of sp³-hybridized carbons (Fsp3) is 0.240. The van der Waals surface area contributed by atoms with E-state index in [1.165, 1.54) is 18.3 Å². The Bertz CT molecular complexity index is 7880. The maximum absolute atomic E-state index is 17.5. The smallest absolute Gasteiger partial charge is 0.266 e. The van der Waals surface area contributed by atoms with Crippen LogP contribution in [0.15, 0.2) is 179 Å². The summed E-state index contributed by atoms with van der Waals surface area (Å²) in [5.74, 6) is -2.11. The summed E-state index contributed by atoms with van der Waals surface area (Å²) in [4.78, 5) is 205. The number of aromatic nitrogens is 6. The van der Waals surface area contributed by atoms with Gasteiger partial charge in [-0.25, -0.2) is 18.3 Å². The molecule has 6 heterocycles. The van der Waals surface area contributed by atoms with Crippen LogP contribution in [-0.4, -0.2) is 28.2 Å². The van der Waals surface area contributed by atoms with Crippen molar-refractivity contribution in [3.05, 3.63) is 290 Å². The molecule has 0 radical (unpaired) electrons. The average Bonchev–Trinajstić information content (AvgIpc) is 0.641. The molecular weight excluding hydrogens is 1480 g/mol. The zero-order valence-corrected chi connectivity index (χ0v) is 67.9. The lowest BCUT2D eigenvalue weighted by Crippen LogP contribution is -2.36. The first kappa shape index (κ1) is 72.2. The first-order valence-corrected chi connectivity index (χ1v) is 40.8. The molecule has 0 aliphatic carbocycles. The molecule has 15 aromatic carbocycles. The standard InChI is InChI=1S/C100H78N6O12/c1-37(2)45-21-17-22-46(38(3)4)85(45)103-93(111)53-29-30-54-68-67(53)81(97(103)115)75-57-33-61-65-63(91(109)101-89(61)107)35-59-73-74-60(36-64-66-62(90(108)102-92(64)110)34-58(72(80(66)74)71(57)79(65)73)76(75)82(68)98(116)104(94(54)112)86-47(39(5)6)23-18-24-48(86)40(7)8)78-77(59)83-69-55(95(113)105(99(83)117)87-49(41(9)10)25-19-26-50(87)42(11)12)31-32-56-70(69)84(78)100(118)106(96(56)114)88-51(43(13)14)27-20-28-52(88)44(15)16/h17-44H,1-16H3,(H,101,107,109)(H,102,108,110). The van der Waals surface area contributed by atoms with Crippen molar-refractivity contribution in [2.75, 3.05) is 0 Å². The Morgan fingerprint density at radius 2 is 0.339 bits per heavy atom. The summed E-state index contributed by atoms with van der Waals surface area (Å²) in [5.41, 5.74) is -2.88. The third-order valence-corrected chi connectivity index (χ3v) is 26.4. The highest BCUT2D eigenvalue weighted by Gasteiger charge is 2.39. The molecule has 0 bridgehead atoms. The summed E-state index contributed by atoms with van der Waals surface area (Å²) in [6.07, 6.45) is 0. The molecule has 21 rings (SSSR count). The fourth-order valence-corrected chi connectivity index (χ4v) is 21.4. The number of benzene rings is 15. The molecule has 0 atom stereocenters. The van der Waals surface area contributed by atoms with Crippen LogP contribution in [0.4, 0.5) is 0 Å². The van der Waals surface area contributed by atoms with Gasteiger partial charge in [0.2, 0.25) is 0 Å². The minimum Gasteiger partial charge on any atom is -0.288 e. The van der Waals surface area contributed by atoms with E-state index in [-0.39, 0.29) is 220 Å². The molecule has 0 fully saturated rings. The average molecular weight is 1560 g/mol. The van der Waals surface area contributed by atoms with Gasteiger partial charge < -0.3 is 0 Å². The van der Waals surface area contributed by atoms with E-state index < -0.39 is 66.7 Å². The van der Waals surface area contributed by atoms with E-state index in [1.807, 2.05) is 184 Å². The molecule has 18 heteroatoms. The summed E-state index contributed by atoms with van der Waals surface area (Å²) in [6, 6.07) is 35.2. The molecule has 2 N–H and O–H groups in total. The van der Waals surface area contributed by atoms with Crippen molar-refractivity contribution in [2.24, 2.45) is 0 Å². The first-order chi connectivity index (χ1) is 56.3. The SMILES string of the molecule is CC(C)c1cccc(C(C)C)c1-n1c(=O)c2ccc3c(=O)n(-c4c(C(C)C)cccc4C(C)C)c(=O)c4c3c2c(c1=O)c1c2cc3c(=O)[nH]c(=O)c5cc6c7c8c(=O)n(-c9c(C(C)C)cccc9C(C)C)c(=O)c9ccc%10c(=O)n(-c%11c(C(C)C)cccc%11C(C)C)c(=O)c(c%10c98)c7c7cc8c(=O)[nH]c(=O)c9cc(c41)c1c2c(c35)c6c7c1c98. The van der Waals surface area contributed by atoms with Crippen LogP contribution in [0, 0.1) is 0 Å². The number of rotatable bonds is 12. The molecule has 18 nitrogen and oxygen atoms in total. The van der Waals surface area contributed by atoms with Gasteiger partial charge in [-0.2, -0.15) is 0 Å². The summed E-state index contributed by atoms with van der Waals surface area (Å²) < 4.78 is 4.79. The molecule has 118 heavy (non-hydrogen) atoms. The van der Waals surface area contributed by atoms with Gasteiger partial charge in [0, 0.05) is 108 Å². The van der Waals surface area contributed by atoms with Crippen molar-refractivity contribution in [1.29, 1.82) is 0 Å². The number of H-pyrrole nitrogens is 2. The molecule has 0 spiro atoms. The van der Waals surface area contributed by atoms with E-state index in [0.29, 0.717) is 67.3 Å². The summed E-state index contributed by atoms with van der Waals surface area (Å²) in [6.45, 7) is 31.5. The topological polar surface area (TPSA) is 256 Å². The molecular formula is C100H78N6O12. The molecule has 0 saturated heterocycles. The van der Waals surface area contributed by atoms with E-state index in [0.717, 1.165) is 0 Å². The van der Waals surface area contributed by atoms with Crippen LogP contribution in [0.5, 0.6) is 0 Å². The number of hydrogen-bond acceptors (Lipinski definition) is 12. The van der Waals surface area contributed by atoms with Crippen molar-refractivity contribution in [3.63, 3.8) is 0 Å². The van der Waals surface area contributed by atoms with Crippen LogP contribution in [0.2, 0.25) is 0 Å². The maximum Gasteiger partial charge on any atom is 0.266 e. The number of nitrogens with zero attached hydrogens (tertiary/aromatic N) is 4. The second-order valence-electron chi connectivity index (χ2n) is 35.4. The molecule has 580 valence electrons. The second kappa shape index (κ2) is 24.1. The normalized spacial score (nSPS) is 13.1. The van der Waals surface area contributed by atoms with Gasteiger partial charge in [0.05, 0.1) is 44.3 Å². The Hall–Kier alpha value is -13.5. The minimum atomic E-state index is -0.842. The Morgan fingerprint density at radius 3 is 0.508 bits per heavy atom. The summed E-state index contributed by atoms with van der Waals surface area (Å²) in [7, 11) is 0. The van der Waals surface area contributed by atoms with Gasteiger partial charge in [0.15, 0.2) is 0 Å². The molecule has 0 unspecified atom stereocenters. The van der Waals surface area contributed by atoms with Gasteiger partial charge in [-0.3, -0.25) is 67.5 Å². The van der Waals surface area contributed by atoms with Crippen LogP contribution in [0.25, 0.3) is 195 Å². The predicted octanol–water partition coefficient (Wildman–Crippen LogP) is 18.2. The van der Waals surface area contributed by atoms with E-state index in [9.17, 15) is 0 Å². The number of para-hydroxylation sites is 4. The highest BCUT2D eigenvalue weighted by molar-refractivity contribution is 6.58. The summed E-state index contributed by atoms with van der Waals surface area (Å²) in [5, 5.41) is 1.97. The van der Waals surface area contributed by atoms with E-state index in [4.69, 9.17) is 0 Å². The minimum absolute atomic E-state index is 0.00501. The van der Waals surface area contributed by atoms with Crippen molar-refractivity contribution >= 4 is 172 Å². The van der Waals surface area contributed by atoms with Gasteiger partial charge in [0.1, 0.15) is 0 Å². The third-order valence-electron chi connectivity index (χ3n) is 26.4. The van der Waals surface area contributed by atoms with Crippen LogP contribution < -0.4 is 66.7 Å². The monoisotopic (exact) mass is 1550 g/mol. The highest BCUT2D eigenvalue weighted by Crippen LogP contribution is 2.58. The molecule has 0 amide bonds. The number of nitrogens with one attached hydrogen (secondary N) is 2. The number of aromatic amines is 2. The Balaban J connectivity index is 1.14.